The number of benzene rings is 3. The van der Waals surface area contributed by atoms with Crippen molar-refractivity contribution < 1.29 is 4.42 Å². The van der Waals surface area contributed by atoms with Crippen LogP contribution in [0.25, 0.3) is 32.2 Å². The summed E-state index contributed by atoms with van der Waals surface area (Å²) in [7, 11) is 0. The normalized spacial score (nSPS) is 11.4. The third-order valence-electron chi connectivity index (χ3n) is 4.27. The summed E-state index contributed by atoms with van der Waals surface area (Å²) >= 11 is 1.92. The first-order chi connectivity index (χ1) is 12.4. The molecule has 5 aromatic rings. The predicted molar refractivity (Wildman–Crippen MR) is 108 cm³/mol. The third-order valence-corrected chi connectivity index (χ3v) is 7.21. The maximum absolute atomic E-state index is 6.37. The van der Waals surface area contributed by atoms with Crippen LogP contribution in [0.2, 0.25) is 0 Å². The number of rotatable bonds is 3. The van der Waals surface area contributed by atoms with Gasteiger partial charge in [-0.3, -0.25) is 0 Å². The van der Waals surface area contributed by atoms with Gasteiger partial charge in [0.05, 0.1) is 0 Å². The molecule has 0 N–H and O–H groups in total. The van der Waals surface area contributed by atoms with Crippen LogP contribution in [-0.4, -0.2) is 15.0 Å². The molecule has 0 fully saturated rings. The van der Waals surface area contributed by atoms with Gasteiger partial charge in [-0.25, -0.2) is 0 Å². The minimum atomic E-state index is 0.140. The number of thiophene rings is 1. The number of hydrogen-bond donors (Lipinski definition) is 0. The molecular weight excluding hydrogens is 391 g/mol. The van der Waals surface area contributed by atoms with E-state index in [-0.39, 0.29) is 15.0 Å². The molecule has 0 amide bonds. The van der Waals surface area contributed by atoms with Crippen molar-refractivity contribution >= 4 is 57.2 Å². The Morgan fingerprint density at radius 1 is 0.760 bits per heavy atom. The van der Waals surface area contributed by atoms with Crippen LogP contribution >= 0.6 is 11.3 Å². The fraction of sp³-hybridized carbons (Fsp3) is 0. The molecule has 1 nitrogen and oxygen atoms in total. The molecule has 120 valence electrons. The Morgan fingerprint density at radius 3 is 2.44 bits per heavy atom. The van der Waals surface area contributed by atoms with Crippen LogP contribution < -0.4 is 9.12 Å². The molecule has 0 unspecified atom stereocenters. The molecule has 0 saturated heterocycles. The monoisotopic (exact) mass is 406 g/mol. The van der Waals surface area contributed by atoms with Crippen molar-refractivity contribution in [3.8, 4) is 10.4 Å². The zero-order valence-electron chi connectivity index (χ0n) is 13.3. The molecule has 0 bridgehead atoms. The van der Waals surface area contributed by atoms with E-state index in [9.17, 15) is 0 Å². The van der Waals surface area contributed by atoms with Gasteiger partial charge in [-0.2, -0.15) is 0 Å². The number of fused-ring (bicyclic) bond motifs is 3. The van der Waals surface area contributed by atoms with Gasteiger partial charge in [0.15, 0.2) is 0 Å². The SMILES string of the molecule is c1ccc([Se]c2oc3ccc4ccccc4c3c2-c2cccs2)cc1. The van der Waals surface area contributed by atoms with Gasteiger partial charge < -0.3 is 0 Å². The summed E-state index contributed by atoms with van der Waals surface area (Å²) in [5.41, 5.74) is 2.25. The van der Waals surface area contributed by atoms with E-state index in [2.05, 4.69) is 84.2 Å². The van der Waals surface area contributed by atoms with Crippen LogP contribution in [0.1, 0.15) is 0 Å². The standard InChI is InChI=1S/C22H14OSSe/c1-2-8-16(9-3-1)25-22-21(19-11-6-14-24-19)20-17-10-5-4-7-15(17)12-13-18(20)23-22/h1-14H. The van der Waals surface area contributed by atoms with Crippen LogP contribution in [0.3, 0.4) is 0 Å². The van der Waals surface area contributed by atoms with E-state index in [4.69, 9.17) is 4.42 Å². The van der Waals surface area contributed by atoms with E-state index in [1.54, 1.807) is 11.3 Å². The Hall–Kier alpha value is -2.32. The predicted octanol–water partition coefficient (Wildman–Crippen LogP) is 4.97. The molecule has 3 aromatic carbocycles. The van der Waals surface area contributed by atoms with Crippen LogP contribution in [0.15, 0.2) is 88.7 Å². The molecule has 0 radical (unpaired) electrons. The van der Waals surface area contributed by atoms with Crippen molar-refractivity contribution in [2.45, 2.75) is 0 Å². The third kappa shape index (κ3) is 2.61. The summed E-state index contributed by atoms with van der Waals surface area (Å²) in [6.45, 7) is 0. The topological polar surface area (TPSA) is 13.1 Å². The minimum absolute atomic E-state index is 0.140. The molecule has 0 spiro atoms. The Kier molecular flexibility index (Phi) is 3.71. The Labute approximate surface area is 156 Å². The molecule has 3 heteroatoms. The first-order valence-corrected chi connectivity index (χ1v) is 10.7. The summed E-state index contributed by atoms with van der Waals surface area (Å²) in [5, 5.41) is 5.90. The van der Waals surface area contributed by atoms with Crippen LogP contribution in [0, 0.1) is 0 Å². The molecule has 0 atom stereocenters. The van der Waals surface area contributed by atoms with Crippen LogP contribution in [-0.2, 0) is 0 Å². The summed E-state index contributed by atoms with van der Waals surface area (Å²) in [4.78, 5) is 1.28. The second kappa shape index (κ2) is 6.20. The molecule has 5 rings (SSSR count). The molecular formula is C22H14OSSe. The van der Waals surface area contributed by atoms with Crippen molar-refractivity contribution in [2.24, 2.45) is 0 Å². The van der Waals surface area contributed by atoms with Gasteiger partial charge >= 0.3 is 156 Å². The van der Waals surface area contributed by atoms with Crippen LogP contribution in [0.5, 0.6) is 0 Å². The van der Waals surface area contributed by atoms with E-state index in [1.807, 2.05) is 0 Å². The second-order valence-electron chi connectivity index (χ2n) is 5.82. The Bertz CT molecular complexity index is 1160. The number of hydrogen-bond acceptors (Lipinski definition) is 2. The fourth-order valence-electron chi connectivity index (χ4n) is 3.16. The maximum atomic E-state index is 6.37. The van der Waals surface area contributed by atoms with Gasteiger partial charge in [0.1, 0.15) is 0 Å². The zero-order valence-corrected chi connectivity index (χ0v) is 15.8. The summed E-state index contributed by atoms with van der Waals surface area (Å²) in [6, 6.07) is 27.8. The molecule has 2 heterocycles. The number of furan rings is 1. The first kappa shape index (κ1) is 15.0. The van der Waals surface area contributed by atoms with E-state index in [0.717, 1.165) is 10.2 Å². The molecule has 2 aromatic heterocycles. The van der Waals surface area contributed by atoms with Gasteiger partial charge in [-0.1, -0.05) is 0 Å². The van der Waals surface area contributed by atoms with E-state index < -0.39 is 0 Å². The fourth-order valence-corrected chi connectivity index (χ4v) is 6.08. The molecule has 0 aliphatic carbocycles. The Balaban J connectivity index is 1.82. The van der Waals surface area contributed by atoms with Crippen LogP contribution in [0.4, 0.5) is 0 Å². The Morgan fingerprint density at radius 2 is 1.60 bits per heavy atom. The van der Waals surface area contributed by atoms with Gasteiger partial charge in [-0.05, 0) is 0 Å². The van der Waals surface area contributed by atoms with E-state index in [1.165, 1.54) is 31.1 Å². The molecule has 25 heavy (non-hydrogen) atoms. The van der Waals surface area contributed by atoms with Gasteiger partial charge in [0.2, 0.25) is 0 Å². The molecule has 0 saturated carbocycles. The summed E-state index contributed by atoms with van der Waals surface area (Å²) in [6.07, 6.45) is 0. The summed E-state index contributed by atoms with van der Waals surface area (Å²) < 4.78 is 8.80. The average Bonchev–Trinajstić information content (AvgIpc) is 3.29. The zero-order chi connectivity index (χ0) is 16.6. The first-order valence-electron chi connectivity index (χ1n) is 8.11. The molecule has 0 aliphatic rings. The van der Waals surface area contributed by atoms with Crippen molar-refractivity contribution in [3.63, 3.8) is 0 Å². The summed E-state index contributed by atoms with van der Waals surface area (Å²) in [5.74, 6) is 0. The van der Waals surface area contributed by atoms with Gasteiger partial charge in [0.25, 0.3) is 0 Å². The second-order valence-corrected chi connectivity index (χ2v) is 8.96. The van der Waals surface area contributed by atoms with E-state index >= 15 is 0 Å². The van der Waals surface area contributed by atoms with E-state index in [0.29, 0.717) is 0 Å². The quantitative estimate of drug-likeness (QED) is 0.387. The molecule has 0 aliphatic heterocycles. The van der Waals surface area contributed by atoms with Crippen molar-refractivity contribution in [1.82, 2.24) is 0 Å². The van der Waals surface area contributed by atoms with Gasteiger partial charge in [0, 0.05) is 0 Å². The van der Waals surface area contributed by atoms with Crippen molar-refractivity contribution in [2.75, 3.05) is 0 Å². The van der Waals surface area contributed by atoms with Crippen molar-refractivity contribution in [3.05, 3.63) is 84.2 Å². The van der Waals surface area contributed by atoms with Gasteiger partial charge in [-0.15, -0.1) is 0 Å². The van der Waals surface area contributed by atoms with Crippen molar-refractivity contribution in [1.29, 1.82) is 0 Å². The average molecular weight is 405 g/mol.